The van der Waals surface area contributed by atoms with Crippen LogP contribution in [0, 0.1) is 6.92 Å². The van der Waals surface area contributed by atoms with E-state index in [0.29, 0.717) is 25.3 Å². The first-order chi connectivity index (χ1) is 13.2. The number of rotatable bonds is 8. The summed E-state index contributed by atoms with van der Waals surface area (Å²) in [5.74, 6) is 1.39. The van der Waals surface area contributed by atoms with Gasteiger partial charge in [-0.05, 0) is 53.9 Å². The van der Waals surface area contributed by atoms with Crippen molar-refractivity contribution < 1.29 is 14.3 Å². The summed E-state index contributed by atoms with van der Waals surface area (Å²) in [6, 6.07) is 21.8. The van der Waals surface area contributed by atoms with Crippen molar-refractivity contribution in [2.24, 2.45) is 0 Å². The molecule has 3 aromatic rings. The second kappa shape index (κ2) is 9.08. The maximum Gasteiger partial charge on any atom is 0.261 e. The van der Waals surface area contributed by atoms with Crippen LogP contribution in [0.1, 0.15) is 18.9 Å². The molecule has 1 N–H and O–H groups in total. The summed E-state index contributed by atoms with van der Waals surface area (Å²) >= 11 is 0. The molecule has 1 amide bonds. The van der Waals surface area contributed by atoms with E-state index in [-0.39, 0.29) is 5.91 Å². The van der Waals surface area contributed by atoms with Gasteiger partial charge in [0.05, 0.1) is 6.54 Å². The van der Waals surface area contributed by atoms with Crippen molar-refractivity contribution in [3.05, 3.63) is 72.3 Å². The predicted molar refractivity (Wildman–Crippen MR) is 108 cm³/mol. The Hall–Kier alpha value is -3.01. The van der Waals surface area contributed by atoms with Crippen LogP contribution in [0.5, 0.6) is 11.5 Å². The maximum absolute atomic E-state index is 12.4. The van der Waals surface area contributed by atoms with Crippen LogP contribution in [0.25, 0.3) is 10.8 Å². The average molecular weight is 363 g/mol. The molecular formula is C23H25NO3. The third-order valence-electron chi connectivity index (χ3n) is 4.32. The second-order valence-corrected chi connectivity index (χ2v) is 6.48. The largest absolute Gasteiger partial charge is 0.492 e. The van der Waals surface area contributed by atoms with Crippen LogP contribution in [-0.2, 0) is 4.79 Å². The molecule has 0 fully saturated rings. The van der Waals surface area contributed by atoms with Gasteiger partial charge in [-0.15, -0.1) is 0 Å². The number of benzene rings is 3. The molecule has 1 atom stereocenters. The number of amides is 1. The van der Waals surface area contributed by atoms with Gasteiger partial charge in [0.1, 0.15) is 18.1 Å². The summed E-state index contributed by atoms with van der Waals surface area (Å²) in [6.07, 6.45) is 0.0955. The first-order valence-corrected chi connectivity index (χ1v) is 9.28. The Morgan fingerprint density at radius 1 is 0.963 bits per heavy atom. The normalized spacial score (nSPS) is 11.8. The minimum atomic E-state index is -0.507. The molecule has 0 unspecified atom stereocenters. The van der Waals surface area contributed by atoms with Crippen LogP contribution in [0.4, 0.5) is 0 Å². The van der Waals surface area contributed by atoms with E-state index in [4.69, 9.17) is 9.47 Å². The molecule has 3 aromatic carbocycles. The Balaban J connectivity index is 1.47. The molecule has 0 aliphatic carbocycles. The topological polar surface area (TPSA) is 47.6 Å². The van der Waals surface area contributed by atoms with E-state index in [1.54, 1.807) is 0 Å². The van der Waals surface area contributed by atoms with E-state index in [1.165, 1.54) is 5.39 Å². The van der Waals surface area contributed by atoms with Gasteiger partial charge in [0, 0.05) is 0 Å². The monoisotopic (exact) mass is 363 g/mol. The van der Waals surface area contributed by atoms with Gasteiger partial charge in [-0.3, -0.25) is 4.79 Å². The minimum absolute atomic E-state index is 0.124. The standard InChI is InChI=1S/C23H25NO3/c1-3-22(27-21-10-6-7-17(2)15-21)23(25)24-13-14-26-20-12-11-18-8-4-5-9-19(18)16-20/h4-12,15-16,22H,3,13-14H2,1-2H3,(H,24,25)/t22-/m0/s1. The van der Waals surface area contributed by atoms with Gasteiger partial charge in [0.15, 0.2) is 6.10 Å². The number of aryl methyl sites for hydroxylation is 1. The Bertz CT molecular complexity index is 907. The van der Waals surface area contributed by atoms with E-state index >= 15 is 0 Å². The fourth-order valence-corrected chi connectivity index (χ4v) is 2.89. The molecule has 140 valence electrons. The molecule has 3 rings (SSSR count). The van der Waals surface area contributed by atoms with Crippen molar-refractivity contribution in [2.45, 2.75) is 26.4 Å². The number of hydrogen-bond acceptors (Lipinski definition) is 3. The zero-order valence-electron chi connectivity index (χ0n) is 15.8. The van der Waals surface area contributed by atoms with E-state index < -0.39 is 6.10 Å². The molecule has 0 aliphatic rings. The van der Waals surface area contributed by atoms with Crippen LogP contribution in [-0.4, -0.2) is 25.2 Å². The summed E-state index contributed by atoms with van der Waals surface area (Å²) in [5, 5.41) is 5.20. The fraction of sp³-hybridized carbons (Fsp3) is 0.261. The highest BCUT2D eigenvalue weighted by molar-refractivity contribution is 5.83. The van der Waals surface area contributed by atoms with Gasteiger partial charge in [-0.1, -0.05) is 49.4 Å². The van der Waals surface area contributed by atoms with E-state index in [9.17, 15) is 4.79 Å². The van der Waals surface area contributed by atoms with Crippen LogP contribution in [0.15, 0.2) is 66.7 Å². The number of carbonyl (C=O) groups is 1. The van der Waals surface area contributed by atoms with E-state index in [1.807, 2.05) is 68.4 Å². The minimum Gasteiger partial charge on any atom is -0.492 e. The Labute approximate surface area is 160 Å². The number of ether oxygens (including phenoxy) is 2. The molecule has 4 heteroatoms. The zero-order valence-corrected chi connectivity index (χ0v) is 15.8. The molecule has 27 heavy (non-hydrogen) atoms. The van der Waals surface area contributed by atoms with E-state index in [0.717, 1.165) is 16.7 Å². The third kappa shape index (κ3) is 5.23. The van der Waals surface area contributed by atoms with E-state index in [2.05, 4.69) is 17.4 Å². The first kappa shape index (κ1) is 18.8. The van der Waals surface area contributed by atoms with Gasteiger partial charge >= 0.3 is 0 Å². The smallest absolute Gasteiger partial charge is 0.261 e. The SMILES string of the molecule is CC[C@H](Oc1cccc(C)c1)C(=O)NCCOc1ccc2ccccc2c1. The molecule has 4 nitrogen and oxygen atoms in total. The quantitative estimate of drug-likeness (QED) is 0.600. The van der Waals surface area contributed by atoms with Gasteiger partial charge in [0.2, 0.25) is 0 Å². The molecule has 0 aliphatic heterocycles. The molecular weight excluding hydrogens is 338 g/mol. The van der Waals surface area contributed by atoms with Crippen LogP contribution in [0.3, 0.4) is 0 Å². The fourth-order valence-electron chi connectivity index (χ4n) is 2.89. The van der Waals surface area contributed by atoms with Crippen molar-refractivity contribution in [1.82, 2.24) is 5.32 Å². The van der Waals surface area contributed by atoms with Gasteiger partial charge in [0.25, 0.3) is 5.91 Å². The lowest BCUT2D eigenvalue weighted by atomic mass is 10.1. The molecule has 0 saturated carbocycles. The highest BCUT2D eigenvalue weighted by Gasteiger charge is 2.17. The first-order valence-electron chi connectivity index (χ1n) is 9.28. The Kier molecular flexibility index (Phi) is 6.31. The van der Waals surface area contributed by atoms with Crippen molar-refractivity contribution in [3.63, 3.8) is 0 Å². The molecule has 0 spiro atoms. The molecule has 0 heterocycles. The van der Waals surface area contributed by atoms with Crippen molar-refractivity contribution >= 4 is 16.7 Å². The summed E-state index contributed by atoms with van der Waals surface area (Å²) in [6.45, 7) is 4.77. The third-order valence-corrected chi connectivity index (χ3v) is 4.32. The Morgan fingerprint density at radius 2 is 1.78 bits per heavy atom. The number of fused-ring (bicyclic) bond motifs is 1. The number of hydrogen-bond donors (Lipinski definition) is 1. The highest BCUT2D eigenvalue weighted by Crippen LogP contribution is 2.20. The molecule has 0 radical (unpaired) electrons. The van der Waals surface area contributed by atoms with Crippen molar-refractivity contribution in [3.8, 4) is 11.5 Å². The average Bonchev–Trinajstić information content (AvgIpc) is 2.69. The number of carbonyl (C=O) groups excluding carboxylic acids is 1. The van der Waals surface area contributed by atoms with Gasteiger partial charge in [-0.25, -0.2) is 0 Å². The maximum atomic E-state index is 12.4. The van der Waals surface area contributed by atoms with Gasteiger partial charge in [-0.2, -0.15) is 0 Å². The summed E-state index contributed by atoms with van der Waals surface area (Å²) < 4.78 is 11.6. The van der Waals surface area contributed by atoms with Crippen LogP contribution in [0.2, 0.25) is 0 Å². The summed E-state index contributed by atoms with van der Waals surface area (Å²) in [7, 11) is 0. The molecule has 0 bridgehead atoms. The lowest BCUT2D eigenvalue weighted by Gasteiger charge is -2.17. The number of nitrogens with one attached hydrogen (secondary N) is 1. The predicted octanol–water partition coefficient (Wildman–Crippen LogP) is 4.50. The van der Waals surface area contributed by atoms with Crippen molar-refractivity contribution in [2.75, 3.05) is 13.2 Å². The van der Waals surface area contributed by atoms with Crippen molar-refractivity contribution in [1.29, 1.82) is 0 Å². The second-order valence-electron chi connectivity index (χ2n) is 6.48. The van der Waals surface area contributed by atoms with Crippen LogP contribution < -0.4 is 14.8 Å². The highest BCUT2D eigenvalue weighted by atomic mass is 16.5. The summed E-state index contributed by atoms with van der Waals surface area (Å²) in [4.78, 5) is 12.4. The molecule has 0 saturated heterocycles. The lowest BCUT2D eigenvalue weighted by Crippen LogP contribution is -2.39. The lowest BCUT2D eigenvalue weighted by molar-refractivity contribution is -0.128. The molecule has 0 aromatic heterocycles. The van der Waals surface area contributed by atoms with Gasteiger partial charge < -0.3 is 14.8 Å². The van der Waals surface area contributed by atoms with Crippen LogP contribution >= 0.6 is 0 Å². The zero-order chi connectivity index (χ0) is 19.1. The summed E-state index contributed by atoms with van der Waals surface area (Å²) in [5.41, 5.74) is 1.10. The Morgan fingerprint density at radius 3 is 2.56 bits per heavy atom.